The summed E-state index contributed by atoms with van der Waals surface area (Å²) in [4.78, 5) is 0. The van der Waals surface area contributed by atoms with Crippen LogP contribution in [0.3, 0.4) is 0 Å². The Morgan fingerprint density at radius 3 is 2.19 bits per heavy atom. The number of rotatable bonds is 3. The lowest BCUT2D eigenvalue weighted by molar-refractivity contribution is 0.0331. The van der Waals surface area contributed by atoms with E-state index in [-0.39, 0.29) is 17.7 Å². The van der Waals surface area contributed by atoms with Crippen LogP contribution in [0.1, 0.15) is 44.7 Å². The van der Waals surface area contributed by atoms with Crippen LogP contribution in [0.15, 0.2) is 18.2 Å². The summed E-state index contributed by atoms with van der Waals surface area (Å²) in [6, 6.07) is 5.21. The molecule has 0 aliphatic heterocycles. The third-order valence-corrected chi connectivity index (χ3v) is 2.98. The van der Waals surface area contributed by atoms with E-state index in [1.165, 1.54) is 6.07 Å². The van der Waals surface area contributed by atoms with Crippen molar-refractivity contribution in [2.24, 2.45) is 5.92 Å². The fourth-order valence-electron chi connectivity index (χ4n) is 2.41. The lowest BCUT2D eigenvalue weighted by Gasteiger charge is -2.33. The number of hydrogen-bond donors (Lipinski definition) is 1. The first-order valence-corrected chi connectivity index (χ1v) is 5.72. The summed E-state index contributed by atoms with van der Waals surface area (Å²) in [6.07, 6.45) is 0. The van der Waals surface area contributed by atoms with Crippen molar-refractivity contribution in [3.63, 3.8) is 0 Å². The maximum absolute atomic E-state index is 13.5. The van der Waals surface area contributed by atoms with Crippen LogP contribution in [0.4, 0.5) is 4.39 Å². The zero-order valence-corrected chi connectivity index (χ0v) is 10.7. The van der Waals surface area contributed by atoms with Crippen molar-refractivity contribution in [2.45, 2.75) is 46.1 Å². The first-order valence-electron chi connectivity index (χ1n) is 5.72. The van der Waals surface area contributed by atoms with Gasteiger partial charge in [0.1, 0.15) is 5.82 Å². The summed E-state index contributed by atoms with van der Waals surface area (Å²) < 4.78 is 13.5. The van der Waals surface area contributed by atoms with Gasteiger partial charge >= 0.3 is 0 Å². The third kappa shape index (κ3) is 2.82. The van der Waals surface area contributed by atoms with E-state index in [0.29, 0.717) is 5.56 Å². The highest BCUT2D eigenvalue weighted by atomic mass is 19.1. The molecule has 0 saturated heterocycles. The average Bonchev–Trinajstić information content (AvgIpc) is 2.08. The monoisotopic (exact) mass is 224 g/mol. The number of benzene rings is 1. The van der Waals surface area contributed by atoms with Crippen LogP contribution < -0.4 is 0 Å². The second-order valence-corrected chi connectivity index (χ2v) is 5.38. The molecule has 0 radical (unpaired) electrons. The van der Waals surface area contributed by atoms with E-state index in [2.05, 4.69) is 0 Å². The molecule has 1 atom stereocenters. The van der Waals surface area contributed by atoms with Crippen molar-refractivity contribution in [1.82, 2.24) is 0 Å². The van der Waals surface area contributed by atoms with Gasteiger partial charge < -0.3 is 5.11 Å². The number of hydrogen-bond acceptors (Lipinski definition) is 1. The molecular weight excluding hydrogens is 203 g/mol. The molecule has 1 aromatic carbocycles. The second-order valence-electron chi connectivity index (χ2n) is 5.38. The van der Waals surface area contributed by atoms with Gasteiger partial charge in [0.25, 0.3) is 0 Å². The summed E-state index contributed by atoms with van der Waals surface area (Å²) in [5.41, 5.74) is 0.670. The highest BCUT2D eigenvalue weighted by molar-refractivity contribution is 5.28. The van der Waals surface area contributed by atoms with Crippen LogP contribution in [0, 0.1) is 18.7 Å². The Balaban J connectivity index is 3.17. The van der Waals surface area contributed by atoms with Gasteiger partial charge in [0.15, 0.2) is 0 Å². The minimum absolute atomic E-state index is 0.0531. The van der Waals surface area contributed by atoms with Crippen LogP contribution in [0.2, 0.25) is 0 Å². The normalized spacial score (nSPS) is 14.2. The Morgan fingerprint density at radius 1 is 1.25 bits per heavy atom. The number of aryl methyl sites for hydroxylation is 1. The smallest absolute Gasteiger partial charge is 0.126 e. The Kier molecular flexibility index (Phi) is 3.74. The van der Waals surface area contributed by atoms with Crippen LogP contribution in [0.5, 0.6) is 0 Å². The molecule has 0 amide bonds. The van der Waals surface area contributed by atoms with Gasteiger partial charge in [0, 0.05) is 5.92 Å². The third-order valence-electron chi connectivity index (χ3n) is 2.98. The molecule has 0 aliphatic rings. The summed E-state index contributed by atoms with van der Waals surface area (Å²) in [5.74, 6) is 0.0112. The molecule has 1 rings (SSSR count). The van der Waals surface area contributed by atoms with Gasteiger partial charge in [0.2, 0.25) is 0 Å². The number of halogens is 1. The molecule has 1 aromatic rings. The molecule has 0 spiro atoms. The van der Waals surface area contributed by atoms with Crippen LogP contribution >= 0.6 is 0 Å². The maximum atomic E-state index is 13.5. The average molecular weight is 224 g/mol. The molecule has 16 heavy (non-hydrogen) atoms. The summed E-state index contributed by atoms with van der Waals surface area (Å²) in [7, 11) is 0. The van der Waals surface area contributed by atoms with Gasteiger partial charge in [-0.15, -0.1) is 0 Å². The van der Waals surface area contributed by atoms with Crippen LogP contribution in [-0.2, 0) is 0 Å². The molecule has 1 N–H and O–H groups in total. The van der Waals surface area contributed by atoms with Crippen molar-refractivity contribution in [3.8, 4) is 0 Å². The van der Waals surface area contributed by atoms with Crippen molar-refractivity contribution < 1.29 is 9.50 Å². The summed E-state index contributed by atoms with van der Waals surface area (Å²) >= 11 is 0. The van der Waals surface area contributed by atoms with E-state index in [9.17, 15) is 9.50 Å². The first-order chi connectivity index (χ1) is 7.23. The fraction of sp³-hybridized carbons (Fsp3) is 0.571. The minimum atomic E-state index is -0.837. The molecular formula is C14H21FO. The van der Waals surface area contributed by atoms with E-state index in [4.69, 9.17) is 0 Å². The lowest BCUT2D eigenvalue weighted by atomic mass is 9.77. The van der Waals surface area contributed by atoms with E-state index in [1.54, 1.807) is 26.8 Å². The van der Waals surface area contributed by atoms with Gasteiger partial charge in [-0.3, -0.25) is 0 Å². The van der Waals surface area contributed by atoms with E-state index < -0.39 is 5.60 Å². The van der Waals surface area contributed by atoms with E-state index in [1.807, 2.05) is 19.9 Å². The zero-order valence-electron chi connectivity index (χ0n) is 10.7. The molecule has 1 unspecified atom stereocenters. The zero-order chi connectivity index (χ0) is 12.5. The number of aliphatic hydroxyl groups is 1. The SMILES string of the molecule is Cc1ccc(C(C(C)C)C(C)(C)O)cc1F. The highest BCUT2D eigenvalue weighted by Crippen LogP contribution is 2.35. The molecule has 0 bridgehead atoms. The molecule has 1 nitrogen and oxygen atoms in total. The highest BCUT2D eigenvalue weighted by Gasteiger charge is 2.31. The minimum Gasteiger partial charge on any atom is -0.390 e. The second kappa shape index (κ2) is 4.54. The van der Waals surface area contributed by atoms with E-state index in [0.717, 1.165) is 5.56 Å². The lowest BCUT2D eigenvalue weighted by Crippen LogP contribution is -2.32. The topological polar surface area (TPSA) is 20.2 Å². The Labute approximate surface area is 97.3 Å². The summed E-state index contributed by atoms with van der Waals surface area (Å²) in [5, 5.41) is 10.1. The van der Waals surface area contributed by atoms with Crippen molar-refractivity contribution >= 4 is 0 Å². The quantitative estimate of drug-likeness (QED) is 0.831. The van der Waals surface area contributed by atoms with Gasteiger partial charge in [0.05, 0.1) is 5.60 Å². The first kappa shape index (κ1) is 13.2. The predicted molar refractivity (Wildman–Crippen MR) is 65.0 cm³/mol. The van der Waals surface area contributed by atoms with Crippen molar-refractivity contribution in [3.05, 3.63) is 35.1 Å². The fourth-order valence-corrected chi connectivity index (χ4v) is 2.41. The Morgan fingerprint density at radius 2 is 1.81 bits per heavy atom. The molecule has 0 fully saturated rings. The molecule has 0 saturated carbocycles. The molecule has 0 heterocycles. The van der Waals surface area contributed by atoms with Gasteiger partial charge in [-0.05, 0) is 43.9 Å². The van der Waals surface area contributed by atoms with Gasteiger partial charge in [-0.2, -0.15) is 0 Å². The standard InChI is InChI=1S/C14H21FO/c1-9(2)13(14(4,5)16)11-7-6-10(3)12(15)8-11/h6-9,13,16H,1-5H3. The molecule has 2 heteroatoms. The molecule has 90 valence electrons. The Bertz CT molecular complexity index is 363. The maximum Gasteiger partial charge on any atom is 0.126 e. The van der Waals surface area contributed by atoms with Crippen molar-refractivity contribution in [1.29, 1.82) is 0 Å². The predicted octanol–water partition coefficient (Wildman–Crippen LogP) is 3.64. The molecule has 0 aliphatic carbocycles. The van der Waals surface area contributed by atoms with Gasteiger partial charge in [-0.25, -0.2) is 4.39 Å². The van der Waals surface area contributed by atoms with Gasteiger partial charge in [-0.1, -0.05) is 26.0 Å². The Hall–Kier alpha value is -0.890. The largest absolute Gasteiger partial charge is 0.390 e. The van der Waals surface area contributed by atoms with Crippen LogP contribution in [-0.4, -0.2) is 10.7 Å². The van der Waals surface area contributed by atoms with Crippen LogP contribution in [0.25, 0.3) is 0 Å². The van der Waals surface area contributed by atoms with Crippen molar-refractivity contribution in [2.75, 3.05) is 0 Å². The molecule has 0 aromatic heterocycles. The summed E-state index contributed by atoms with van der Waals surface area (Å²) in [6.45, 7) is 9.37. The van der Waals surface area contributed by atoms with E-state index >= 15 is 0 Å².